The normalized spacial score (nSPS) is 11.9. The third-order valence-corrected chi connectivity index (χ3v) is 3.03. The lowest BCUT2D eigenvalue weighted by molar-refractivity contribution is -0.123. The number of nitrogens with one attached hydrogen (secondary N) is 1. The molecule has 0 atom stereocenters. The van der Waals surface area contributed by atoms with E-state index in [2.05, 4.69) is 22.4 Å². The number of fused-ring (bicyclic) bond motifs is 1. The number of hydrogen-bond acceptors (Lipinski definition) is 3. The highest BCUT2D eigenvalue weighted by Crippen LogP contribution is 2.13. The van der Waals surface area contributed by atoms with Crippen LogP contribution in [0.2, 0.25) is 0 Å². The van der Waals surface area contributed by atoms with Gasteiger partial charge in [0.25, 0.3) is 0 Å². The standard InChI is InChI=1S/C17H23N3O/c1-17(2,3)19-16(21)12-20(4)11-13-9-14-7-5-6-8-15(14)18-10-13/h5-10H,11-12H2,1-4H3,(H,19,21). The van der Waals surface area contributed by atoms with Crippen molar-refractivity contribution >= 4 is 16.8 Å². The van der Waals surface area contributed by atoms with Gasteiger partial charge < -0.3 is 5.32 Å². The summed E-state index contributed by atoms with van der Waals surface area (Å²) >= 11 is 0. The molecule has 2 rings (SSSR count). The molecule has 21 heavy (non-hydrogen) atoms. The molecule has 1 N–H and O–H groups in total. The molecule has 0 radical (unpaired) electrons. The second-order valence-corrected chi connectivity index (χ2v) is 6.51. The van der Waals surface area contributed by atoms with Crippen LogP contribution in [0.5, 0.6) is 0 Å². The summed E-state index contributed by atoms with van der Waals surface area (Å²) < 4.78 is 0. The summed E-state index contributed by atoms with van der Waals surface area (Å²) in [6.07, 6.45) is 1.88. The van der Waals surface area contributed by atoms with E-state index >= 15 is 0 Å². The van der Waals surface area contributed by atoms with E-state index in [1.165, 1.54) is 0 Å². The van der Waals surface area contributed by atoms with E-state index in [0.29, 0.717) is 13.1 Å². The van der Waals surface area contributed by atoms with Gasteiger partial charge in [0.15, 0.2) is 0 Å². The van der Waals surface area contributed by atoms with Crippen LogP contribution in [-0.4, -0.2) is 34.9 Å². The van der Waals surface area contributed by atoms with Crippen LogP contribution >= 0.6 is 0 Å². The van der Waals surface area contributed by atoms with Crippen LogP contribution in [0.15, 0.2) is 36.5 Å². The first-order chi connectivity index (χ1) is 9.83. The van der Waals surface area contributed by atoms with E-state index in [4.69, 9.17) is 0 Å². The molecule has 0 saturated heterocycles. The minimum absolute atomic E-state index is 0.0405. The third-order valence-electron chi connectivity index (χ3n) is 3.03. The topological polar surface area (TPSA) is 45.2 Å². The fraction of sp³-hybridized carbons (Fsp3) is 0.412. The third kappa shape index (κ3) is 4.83. The summed E-state index contributed by atoms with van der Waals surface area (Å²) in [5.41, 5.74) is 1.91. The molecule has 0 unspecified atom stereocenters. The Morgan fingerprint density at radius 3 is 2.71 bits per heavy atom. The quantitative estimate of drug-likeness (QED) is 0.939. The fourth-order valence-corrected chi connectivity index (χ4v) is 2.27. The molecule has 1 heterocycles. The number of rotatable bonds is 4. The predicted molar refractivity (Wildman–Crippen MR) is 86.0 cm³/mol. The molecule has 1 aromatic heterocycles. The van der Waals surface area contributed by atoms with Crippen LogP contribution in [-0.2, 0) is 11.3 Å². The van der Waals surface area contributed by atoms with Crippen LogP contribution in [0.3, 0.4) is 0 Å². The van der Waals surface area contributed by atoms with Gasteiger partial charge in [-0.05, 0) is 45.5 Å². The lowest BCUT2D eigenvalue weighted by Crippen LogP contribution is -2.45. The molecule has 0 bridgehead atoms. The Labute approximate surface area is 126 Å². The van der Waals surface area contributed by atoms with Crippen LogP contribution in [0.1, 0.15) is 26.3 Å². The minimum Gasteiger partial charge on any atom is -0.350 e. The Bertz CT molecular complexity index is 631. The van der Waals surface area contributed by atoms with Crippen LogP contribution < -0.4 is 5.32 Å². The fourth-order valence-electron chi connectivity index (χ4n) is 2.27. The van der Waals surface area contributed by atoms with Crippen molar-refractivity contribution in [2.24, 2.45) is 0 Å². The SMILES string of the molecule is CN(CC(=O)NC(C)(C)C)Cc1cnc2ccccc2c1. The number of nitrogens with zero attached hydrogens (tertiary/aromatic N) is 2. The maximum atomic E-state index is 11.9. The number of carbonyl (C=O) groups excluding carboxylic acids is 1. The van der Waals surface area contributed by atoms with Gasteiger partial charge in [-0.3, -0.25) is 14.7 Å². The first kappa shape index (κ1) is 15.4. The van der Waals surface area contributed by atoms with E-state index in [-0.39, 0.29) is 11.4 Å². The zero-order valence-corrected chi connectivity index (χ0v) is 13.2. The molecule has 1 aromatic carbocycles. The highest BCUT2D eigenvalue weighted by atomic mass is 16.2. The number of carbonyl (C=O) groups is 1. The molecule has 0 aliphatic rings. The molecule has 0 aliphatic carbocycles. The van der Waals surface area contributed by atoms with E-state index in [1.54, 1.807) is 0 Å². The number of para-hydroxylation sites is 1. The van der Waals surface area contributed by atoms with E-state index in [1.807, 2.05) is 57.1 Å². The number of benzene rings is 1. The highest BCUT2D eigenvalue weighted by Gasteiger charge is 2.15. The zero-order valence-electron chi connectivity index (χ0n) is 13.2. The van der Waals surface area contributed by atoms with E-state index in [0.717, 1.165) is 16.5 Å². The molecule has 0 spiro atoms. The Hall–Kier alpha value is -1.94. The van der Waals surface area contributed by atoms with Crippen molar-refractivity contribution < 1.29 is 4.79 Å². The molecule has 2 aromatic rings. The van der Waals surface area contributed by atoms with Crippen molar-refractivity contribution in [1.29, 1.82) is 0 Å². The molecule has 0 saturated carbocycles. The first-order valence-corrected chi connectivity index (χ1v) is 7.17. The van der Waals surface area contributed by atoms with Gasteiger partial charge in [0.1, 0.15) is 0 Å². The van der Waals surface area contributed by atoms with Gasteiger partial charge in [0.05, 0.1) is 12.1 Å². The molecular weight excluding hydrogens is 262 g/mol. The molecule has 1 amide bonds. The van der Waals surface area contributed by atoms with Crippen LogP contribution in [0.4, 0.5) is 0 Å². The lowest BCUT2D eigenvalue weighted by atomic mass is 10.1. The molecule has 4 nitrogen and oxygen atoms in total. The molecule has 0 fully saturated rings. The van der Waals surface area contributed by atoms with Crippen molar-refractivity contribution in [3.8, 4) is 0 Å². The minimum atomic E-state index is -0.192. The van der Waals surface area contributed by atoms with Crippen molar-refractivity contribution in [2.75, 3.05) is 13.6 Å². The number of pyridine rings is 1. The van der Waals surface area contributed by atoms with E-state index < -0.39 is 0 Å². The molecule has 0 aliphatic heterocycles. The van der Waals surface area contributed by atoms with Gasteiger partial charge in [-0.1, -0.05) is 18.2 Å². The van der Waals surface area contributed by atoms with Gasteiger partial charge in [-0.25, -0.2) is 0 Å². The largest absolute Gasteiger partial charge is 0.350 e. The first-order valence-electron chi connectivity index (χ1n) is 7.17. The second kappa shape index (κ2) is 6.22. The molecule has 4 heteroatoms. The summed E-state index contributed by atoms with van der Waals surface area (Å²) in [5, 5.41) is 4.10. The number of hydrogen-bond donors (Lipinski definition) is 1. The maximum absolute atomic E-state index is 11.9. The Morgan fingerprint density at radius 1 is 1.29 bits per heavy atom. The maximum Gasteiger partial charge on any atom is 0.234 e. The van der Waals surface area contributed by atoms with Gasteiger partial charge in [0.2, 0.25) is 5.91 Å². The van der Waals surface area contributed by atoms with Crippen LogP contribution in [0.25, 0.3) is 10.9 Å². The number of aromatic nitrogens is 1. The average molecular weight is 285 g/mol. The summed E-state index contributed by atoms with van der Waals surface area (Å²) in [6.45, 7) is 7.04. The van der Waals surface area contributed by atoms with E-state index in [9.17, 15) is 4.79 Å². The van der Waals surface area contributed by atoms with Crippen LogP contribution in [0, 0.1) is 0 Å². The van der Waals surface area contributed by atoms with Crippen molar-refractivity contribution in [3.63, 3.8) is 0 Å². The lowest BCUT2D eigenvalue weighted by Gasteiger charge is -2.23. The molecular formula is C17H23N3O. The summed E-state index contributed by atoms with van der Waals surface area (Å²) in [7, 11) is 1.94. The Morgan fingerprint density at radius 2 is 2.00 bits per heavy atom. The van der Waals surface area contributed by atoms with Crippen molar-refractivity contribution in [1.82, 2.24) is 15.2 Å². The smallest absolute Gasteiger partial charge is 0.234 e. The van der Waals surface area contributed by atoms with Gasteiger partial charge in [-0.15, -0.1) is 0 Å². The Kier molecular flexibility index (Phi) is 4.58. The average Bonchev–Trinajstić information content (AvgIpc) is 2.35. The summed E-state index contributed by atoms with van der Waals surface area (Å²) in [4.78, 5) is 18.3. The zero-order chi connectivity index (χ0) is 15.5. The van der Waals surface area contributed by atoms with Crippen molar-refractivity contribution in [2.45, 2.75) is 32.9 Å². The summed E-state index contributed by atoms with van der Waals surface area (Å²) in [6, 6.07) is 10.2. The number of likely N-dealkylation sites (N-methyl/N-ethyl adjacent to an activating group) is 1. The monoisotopic (exact) mass is 285 g/mol. The summed E-state index contributed by atoms with van der Waals surface area (Å²) in [5.74, 6) is 0.0405. The van der Waals surface area contributed by atoms with Gasteiger partial charge in [0, 0.05) is 23.7 Å². The Balaban J connectivity index is 1.98. The van der Waals surface area contributed by atoms with Gasteiger partial charge in [-0.2, -0.15) is 0 Å². The van der Waals surface area contributed by atoms with Crippen molar-refractivity contribution in [3.05, 3.63) is 42.1 Å². The van der Waals surface area contributed by atoms with Gasteiger partial charge >= 0.3 is 0 Å². The molecule has 112 valence electrons. The predicted octanol–water partition coefficient (Wildman–Crippen LogP) is 2.58. The highest BCUT2D eigenvalue weighted by molar-refractivity contribution is 5.79. The number of amides is 1. The second-order valence-electron chi connectivity index (χ2n) is 6.51.